The van der Waals surface area contributed by atoms with Gasteiger partial charge < -0.3 is 4.90 Å². The first-order valence-corrected chi connectivity index (χ1v) is 6.79. The van der Waals surface area contributed by atoms with Gasteiger partial charge in [0.2, 0.25) is 5.91 Å². The molecule has 2 aliphatic rings. The van der Waals surface area contributed by atoms with Crippen LogP contribution in [0.2, 0.25) is 0 Å². The van der Waals surface area contributed by atoms with Gasteiger partial charge in [-0.05, 0) is 24.0 Å². The summed E-state index contributed by atoms with van der Waals surface area (Å²) < 4.78 is 0. The summed E-state index contributed by atoms with van der Waals surface area (Å²) >= 11 is 0. The molecule has 4 heteroatoms. The molecule has 1 aromatic carbocycles. The van der Waals surface area contributed by atoms with Crippen LogP contribution in [0.1, 0.15) is 24.0 Å². The van der Waals surface area contributed by atoms with E-state index in [4.69, 9.17) is 0 Å². The molecule has 3 nitrogen and oxygen atoms in total. The predicted molar refractivity (Wildman–Crippen MR) is 78.5 cm³/mol. The minimum Gasteiger partial charge on any atom is -0.341 e. The highest BCUT2D eigenvalue weighted by atomic mass is 35.5. The predicted octanol–water partition coefficient (Wildman–Crippen LogP) is 2.09. The summed E-state index contributed by atoms with van der Waals surface area (Å²) in [6.07, 6.45) is 2.89. The Morgan fingerprint density at radius 3 is 2.63 bits per heavy atom. The van der Waals surface area contributed by atoms with Crippen LogP contribution in [0.4, 0.5) is 0 Å². The molecule has 0 bridgehead atoms. The summed E-state index contributed by atoms with van der Waals surface area (Å²) in [7, 11) is 1.94. The van der Waals surface area contributed by atoms with Crippen LogP contribution in [0, 0.1) is 0 Å². The molecule has 19 heavy (non-hydrogen) atoms. The Labute approximate surface area is 121 Å². The minimum atomic E-state index is 0. The molecule has 0 N–H and O–H groups in total. The largest absolute Gasteiger partial charge is 0.341 e. The number of carbonyl (C=O) groups is 1. The molecule has 1 unspecified atom stereocenters. The second-order valence-electron chi connectivity index (χ2n) is 5.45. The van der Waals surface area contributed by atoms with Gasteiger partial charge in [0.25, 0.3) is 0 Å². The second-order valence-corrected chi connectivity index (χ2v) is 5.45. The highest BCUT2D eigenvalue weighted by Gasteiger charge is 2.29. The first-order valence-electron chi connectivity index (χ1n) is 6.79. The molecule has 0 aromatic heterocycles. The molecule has 0 saturated carbocycles. The highest BCUT2D eigenvalue weighted by molar-refractivity contribution is 5.85. The van der Waals surface area contributed by atoms with E-state index in [1.807, 2.05) is 11.9 Å². The molecule has 1 saturated heterocycles. The van der Waals surface area contributed by atoms with E-state index in [1.54, 1.807) is 0 Å². The van der Waals surface area contributed by atoms with Crippen LogP contribution in [-0.4, -0.2) is 41.9 Å². The van der Waals surface area contributed by atoms with E-state index in [0.717, 1.165) is 38.9 Å². The third kappa shape index (κ3) is 2.93. The van der Waals surface area contributed by atoms with Crippen molar-refractivity contribution in [3.8, 4) is 0 Å². The van der Waals surface area contributed by atoms with Crippen LogP contribution in [0.5, 0.6) is 0 Å². The third-order valence-corrected chi connectivity index (χ3v) is 4.31. The van der Waals surface area contributed by atoms with Gasteiger partial charge in [0, 0.05) is 39.1 Å². The Balaban J connectivity index is 0.00000133. The summed E-state index contributed by atoms with van der Waals surface area (Å²) in [6.45, 7) is 3.18. The Morgan fingerprint density at radius 1 is 1.21 bits per heavy atom. The van der Waals surface area contributed by atoms with Crippen molar-refractivity contribution in [2.75, 3.05) is 20.1 Å². The molecular weight excluding hydrogens is 260 g/mol. The van der Waals surface area contributed by atoms with E-state index >= 15 is 0 Å². The summed E-state index contributed by atoms with van der Waals surface area (Å²) in [5.41, 5.74) is 2.94. The van der Waals surface area contributed by atoms with Crippen molar-refractivity contribution in [3.63, 3.8) is 0 Å². The summed E-state index contributed by atoms with van der Waals surface area (Å²) in [4.78, 5) is 16.0. The Bertz CT molecular complexity index is 463. The van der Waals surface area contributed by atoms with Gasteiger partial charge in [-0.3, -0.25) is 9.69 Å². The van der Waals surface area contributed by atoms with Crippen LogP contribution < -0.4 is 0 Å². The molecule has 2 heterocycles. The number of halogens is 1. The van der Waals surface area contributed by atoms with Crippen molar-refractivity contribution in [2.24, 2.45) is 0 Å². The van der Waals surface area contributed by atoms with Gasteiger partial charge in [-0.1, -0.05) is 24.3 Å². The number of amides is 1. The quantitative estimate of drug-likeness (QED) is 0.828. The standard InChI is InChI=1S/C15H20N2O.ClH/c1-16-14(6-7-15(16)18)11-17-9-8-12-4-2-3-5-13(12)10-17;/h2-5,14H,6-11H2,1H3;1H. The number of likely N-dealkylation sites (tertiary alicyclic amines) is 1. The van der Waals surface area contributed by atoms with Crippen molar-refractivity contribution in [3.05, 3.63) is 35.4 Å². The number of hydrogen-bond acceptors (Lipinski definition) is 2. The Hall–Kier alpha value is -1.06. The maximum atomic E-state index is 11.5. The van der Waals surface area contributed by atoms with Crippen molar-refractivity contribution in [1.82, 2.24) is 9.80 Å². The van der Waals surface area contributed by atoms with Gasteiger partial charge in [0.05, 0.1) is 0 Å². The molecular formula is C15H21ClN2O. The first kappa shape index (κ1) is 14.4. The molecule has 1 aromatic rings. The van der Waals surface area contributed by atoms with Crippen molar-refractivity contribution in [2.45, 2.75) is 31.8 Å². The molecule has 0 spiro atoms. The lowest BCUT2D eigenvalue weighted by Crippen LogP contribution is -2.41. The maximum Gasteiger partial charge on any atom is 0.222 e. The van der Waals surface area contributed by atoms with E-state index in [2.05, 4.69) is 29.2 Å². The van der Waals surface area contributed by atoms with Gasteiger partial charge in [0.15, 0.2) is 0 Å². The van der Waals surface area contributed by atoms with Crippen molar-refractivity contribution in [1.29, 1.82) is 0 Å². The number of fused-ring (bicyclic) bond motifs is 1. The van der Waals surface area contributed by atoms with Crippen molar-refractivity contribution >= 4 is 18.3 Å². The molecule has 1 atom stereocenters. The monoisotopic (exact) mass is 280 g/mol. The summed E-state index contributed by atoms with van der Waals surface area (Å²) in [5, 5.41) is 0. The van der Waals surface area contributed by atoms with Gasteiger partial charge in [-0.2, -0.15) is 0 Å². The smallest absolute Gasteiger partial charge is 0.222 e. The third-order valence-electron chi connectivity index (χ3n) is 4.31. The highest BCUT2D eigenvalue weighted by Crippen LogP contribution is 2.22. The lowest BCUT2D eigenvalue weighted by atomic mass is 9.99. The minimum absolute atomic E-state index is 0. The zero-order valence-corrected chi connectivity index (χ0v) is 12.2. The van der Waals surface area contributed by atoms with E-state index in [9.17, 15) is 4.79 Å². The zero-order chi connectivity index (χ0) is 12.5. The lowest BCUT2D eigenvalue weighted by molar-refractivity contribution is -0.127. The molecule has 1 amide bonds. The first-order chi connectivity index (χ1) is 8.74. The van der Waals surface area contributed by atoms with Crippen LogP contribution in [0.25, 0.3) is 0 Å². The van der Waals surface area contributed by atoms with Crippen LogP contribution >= 0.6 is 12.4 Å². The van der Waals surface area contributed by atoms with Gasteiger partial charge in [0.1, 0.15) is 0 Å². The van der Waals surface area contributed by atoms with Crippen LogP contribution in [0.3, 0.4) is 0 Å². The maximum absolute atomic E-state index is 11.5. The number of benzene rings is 1. The van der Waals surface area contributed by atoms with Gasteiger partial charge in [-0.15, -0.1) is 12.4 Å². The fourth-order valence-electron chi connectivity index (χ4n) is 3.09. The molecule has 0 radical (unpaired) electrons. The molecule has 104 valence electrons. The average molecular weight is 281 g/mol. The molecule has 1 fully saturated rings. The SMILES string of the molecule is CN1C(=O)CCC1CN1CCc2ccccc2C1.Cl. The molecule has 0 aliphatic carbocycles. The normalized spacial score (nSPS) is 23.1. The fourth-order valence-corrected chi connectivity index (χ4v) is 3.09. The topological polar surface area (TPSA) is 23.6 Å². The molecule has 2 aliphatic heterocycles. The van der Waals surface area contributed by atoms with Crippen molar-refractivity contribution < 1.29 is 4.79 Å². The Morgan fingerprint density at radius 2 is 1.95 bits per heavy atom. The Kier molecular flexibility index (Phi) is 4.48. The lowest BCUT2D eigenvalue weighted by Gasteiger charge is -2.32. The summed E-state index contributed by atoms with van der Waals surface area (Å²) in [6, 6.07) is 9.12. The van der Waals surface area contributed by atoms with Gasteiger partial charge in [-0.25, -0.2) is 0 Å². The van der Waals surface area contributed by atoms with Crippen LogP contribution in [-0.2, 0) is 17.8 Å². The number of rotatable bonds is 2. The second kappa shape index (κ2) is 5.93. The average Bonchev–Trinajstić information content (AvgIpc) is 2.71. The van der Waals surface area contributed by atoms with E-state index < -0.39 is 0 Å². The number of likely N-dealkylation sites (N-methyl/N-ethyl adjacent to an activating group) is 1. The number of carbonyl (C=O) groups excluding carboxylic acids is 1. The fraction of sp³-hybridized carbons (Fsp3) is 0.533. The van der Waals surface area contributed by atoms with E-state index in [0.29, 0.717) is 11.9 Å². The van der Waals surface area contributed by atoms with Crippen LogP contribution in [0.15, 0.2) is 24.3 Å². The zero-order valence-electron chi connectivity index (χ0n) is 11.3. The van der Waals surface area contributed by atoms with Gasteiger partial charge >= 0.3 is 0 Å². The molecule has 3 rings (SSSR count). The van der Waals surface area contributed by atoms with E-state index in [1.165, 1.54) is 11.1 Å². The van der Waals surface area contributed by atoms with E-state index in [-0.39, 0.29) is 12.4 Å². The number of hydrogen-bond donors (Lipinski definition) is 0. The number of nitrogens with zero attached hydrogens (tertiary/aromatic N) is 2. The summed E-state index contributed by atoms with van der Waals surface area (Å²) in [5.74, 6) is 0.303.